The third-order valence-corrected chi connectivity index (χ3v) is 12.9. The van der Waals surface area contributed by atoms with Crippen molar-refractivity contribution < 1.29 is 0 Å². The van der Waals surface area contributed by atoms with Crippen molar-refractivity contribution in [3.63, 3.8) is 0 Å². The standard InChI is InChI=1S/C20H31Cl3P/c1-5-9-18(21)24(19(22)10-6-2,20(23)11-7-3)17-14-12-16(8-4)13-15-17/h8,12-15,18-20H,4-7,9-11H2,1-3H3/q+1. The number of alkyl halides is 3. The highest BCUT2D eigenvalue weighted by atomic mass is 35.5. The average Bonchev–Trinajstić information content (AvgIpc) is 2.57. The van der Waals surface area contributed by atoms with E-state index in [1.807, 2.05) is 6.08 Å². The molecule has 0 fully saturated rings. The van der Waals surface area contributed by atoms with Gasteiger partial charge in [0.25, 0.3) is 0 Å². The number of hydrogen-bond acceptors (Lipinski definition) is 0. The van der Waals surface area contributed by atoms with E-state index in [-0.39, 0.29) is 15.4 Å². The van der Waals surface area contributed by atoms with Crippen LogP contribution in [0.3, 0.4) is 0 Å². The molecule has 0 aliphatic carbocycles. The van der Waals surface area contributed by atoms with E-state index < -0.39 is 7.26 Å². The number of hydrogen-bond donors (Lipinski definition) is 0. The van der Waals surface area contributed by atoms with Crippen LogP contribution in [0, 0.1) is 0 Å². The summed E-state index contributed by atoms with van der Waals surface area (Å²) < 4.78 is 0. The Balaban J connectivity index is 3.49. The van der Waals surface area contributed by atoms with Crippen molar-refractivity contribution in [1.82, 2.24) is 0 Å². The van der Waals surface area contributed by atoms with Gasteiger partial charge in [-0.2, -0.15) is 0 Å². The van der Waals surface area contributed by atoms with Crippen molar-refractivity contribution in [2.24, 2.45) is 0 Å². The Hall–Kier alpha value is 0.260. The van der Waals surface area contributed by atoms with Gasteiger partial charge in [0.05, 0.1) is 5.30 Å². The van der Waals surface area contributed by atoms with E-state index >= 15 is 0 Å². The first-order chi connectivity index (χ1) is 11.5. The molecule has 0 radical (unpaired) electrons. The fourth-order valence-corrected chi connectivity index (χ4v) is 12.6. The highest BCUT2D eigenvalue weighted by Gasteiger charge is 2.57. The number of benzene rings is 1. The first kappa shape index (κ1) is 22.3. The molecule has 1 rings (SSSR count). The molecule has 0 aliphatic rings. The molecule has 0 heterocycles. The van der Waals surface area contributed by atoms with Crippen LogP contribution in [0.4, 0.5) is 0 Å². The van der Waals surface area contributed by atoms with Crippen LogP contribution in [0.25, 0.3) is 6.08 Å². The van der Waals surface area contributed by atoms with Crippen LogP contribution >= 0.6 is 42.1 Å². The molecule has 0 bridgehead atoms. The largest absolute Gasteiger partial charge is 0.150 e. The number of rotatable bonds is 11. The molecular formula is C20H31Cl3P+. The molecule has 0 spiro atoms. The van der Waals surface area contributed by atoms with Gasteiger partial charge in [0.15, 0.2) is 0 Å². The Morgan fingerprint density at radius 2 is 1.21 bits per heavy atom. The van der Waals surface area contributed by atoms with E-state index in [9.17, 15) is 0 Å². The second-order valence-electron chi connectivity index (χ2n) is 6.30. The van der Waals surface area contributed by atoms with Gasteiger partial charge in [0.1, 0.15) is 22.6 Å². The van der Waals surface area contributed by atoms with Gasteiger partial charge in [0, 0.05) is 0 Å². The highest BCUT2D eigenvalue weighted by Crippen LogP contribution is 2.75. The lowest BCUT2D eigenvalue weighted by Crippen LogP contribution is -2.33. The van der Waals surface area contributed by atoms with Crippen LogP contribution in [0.15, 0.2) is 30.8 Å². The van der Waals surface area contributed by atoms with Crippen LogP contribution in [0.5, 0.6) is 0 Å². The van der Waals surface area contributed by atoms with E-state index in [0.717, 1.165) is 44.1 Å². The van der Waals surface area contributed by atoms with Gasteiger partial charge in [-0.15, -0.1) is 0 Å². The lowest BCUT2D eigenvalue weighted by molar-refractivity contribution is 0.794. The van der Waals surface area contributed by atoms with Crippen molar-refractivity contribution in [2.45, 2.75) is 74.7 Å². The third kappa shape index (κ3) is 4.91. The first-order valence-corrected chi connectivity index (χ1v) is 12.3. The summed E-state index contributed by atoms with van der Waals surface area (Å²) in [6.45, 7) is 10.4. The molecule has 0 aliphatic heterocycles. The quantitative estimate of drug-likeness (QED) is 0.256. The predicted molar refractivity (Wildman–Crippen MR) is 117 cm³/mol. The van der Waals surface area contributed by atoms with Crippen molar-refractivity contribution in [1.29, 1.82) is 0 Å². The van der Waals surface area contributed by atoms with Gasteiger partial charge < -0.3 is 0 Å². The first-order valence-electron chi connectivity index (χ1n) is 9.02. The Morgan fingerprint density at radius 1 is 0.833 bits per heavy atom. The minimum Gasteiger partial charge on any atom is -0.0985 e. The SMILES string of the molecule is C=Cc1ccc([P+](C(Cl)CCC)(C(Cl)CCC)C(Cl)CCC)cc1. The summed E-state index contributed by atoms with van der Waals surface area (Å²) in [7, 11) is -1.94. The predicted octanol–water partition coefficient (Wildman–Crippen LogP) is 8.07. The Labute approximate surface area is 164 Å². The van der Waals surface area contributed by atoms with Crippen molar-refractivity contribution in [3.05, 3.63) is 36.4 Å². The maximum absolute atomic E-state index is 7.03. The Morgan fingerprint density at radius 3 is 1.50 bits per heavy atom. The van der Waals surface area contributed by atoms with Crippen LogP contribution < -0.4 is 5.30 Å². The fraction of sp³-hybridized carbons (Fsp3) is 0.600. The molecule has 0 saturated carbocycles. The number of halogens is 3. The molecule has 3 unspecified atom stereocenters. The zero-order chi connectivity index (χ0) is 18.2. The summed E-state index contributed by atoms with van der Waals surface area (Å²) in [6, 6.07) is 8.59. The zero-order valence-electron chi connectivity index (χ0n) is 15.1. The van der Waals surface area contributed by atoms with E-state index in [4.69, 9.17) is 34.8 Å². The molecule has 0 amide bonds. The maximum Gasteiger partial charge on any atom is 0.150 e. The van der Waals surface area contributed by atoms with Gasteiger partial charge in [-0.1, -0.05) is 99.6 Å². The Kier molecular flexibility index (Phi) is 10.3. The molecular weight excluding hydrogens is 378 g/mol. The molecule has 4 heteroatoms. The van der Waals surface area contributed by atoms with Crippen LogP contribution in [-0.4, -0.2) is 15.4 Å². The van der Waals surface area contributed by atoms with Gasteiger partial charge in [0.2, 0.25) is 0 Å². The van der Waals surface area contributed by atoms with Gasteiger partial charge >= 0.3 is 0 Å². The molecule has 0 nitrogen and oxygen atoms in total. The molecule has 0 N–H and O–H groups in total. The Bertz CT molecular complexity index is 455. The van der Waals surface area contributed by atoms with E-state index in [0.29, 0.717) is 0 Å². The summed E-state index contributed by atoms with van der Waals surface area (Å²) >= 11 is 21.1. The third-order valence-electron chi connectivity index (χ3n) is 4.55. The summed E-state index contributed by atoms with van der Waals surface area (Å²) in [4.78, 5) is 0. The van der Waals surface area contributed by atoms with Crippen molar-refractivity contribution in [2.75, 3.05) is 0 Å². The topological polar surface area (TPSA) is 0 Å². The van der Waals surface area contributed by atoms with Gasteiger partial charge in [-0.05, 0) is 37.0 Å². The van der Waals surface area contributed by atoms with Crippen molar-refractivity contribution in [3.8, 4) is 0 Å². The molecule has 0 saturated heterocycles. The van der Waals surface area contributed by atoms with Gasteiger partial charge in [-0.3, -0.25) is 0 Å². The summed E-state index contributed by atoms with van der Waals surface area (Å²) in [5, 5.41) is 1.35. The smallest absolute Gasteiger partial charge is 0.0985 e. The van der Waals surface area contributed by atoms with E-state index in [1.165, 1.54) is 5.30 Å². The monoisotopic (exact) mass is 407 g/mol. The molecule has 0 aromatic heterocycles. The fourth-order valence-electron chi connectivity index (χ4n) is 3.24. The lowest BCUT2D eigenvalue weighted by Gasteiger charge is -2.38. The van der Waals surface area contributed by atoms with E-state index in [2.05, 4.69) is 51.6 Å². The molecule has 24 heavy (non-hydrogen) atoms. The molecule has 1 aromatic carbocycles. The maximum atomic E-state index is 7.03. The summed E-state index contributed by atoms with van der Waals surface area (Å²) in [5.41, 5.74) is 1.11. The average molecular weight is 409 g/mol. The second-order valence-corrected chi connectivity index (χ2v) is 12.8. The molecule has 3 atom stereocenters. The zero-order valence-corrected chi connectivity index (χ0v) is 18.3. The molecule has 1 aromatic rings. The van der Waals surface area contributed by atoms with Gasteiger partial charge in [-0.25, -0.2) is 0 Å². The minimum atomic E-state index is -1.94. The van der Waals surface area contributed by atoms with Crippen LogP contribution in [-0.2, 0) is 0 Å². The summed E-state index contributed by atoms with van der Waals surface area (Å²) in [5.74, 6) is 0. The lowest BCUT2D eigenvalue weighted by atomic mass is 10.2. The summed E-state index contributed by atoms with van der Waals surface area (Å²) in [6.07, 6.45) is 7.88. The minimum absolute atomic E-state index is 0.0279. The van der Waals surface area contributed by atoms with Crippen molar-refractivity contribution >= 4 is 53.4 Å². The van der Waals surface area contributed by atoms with E-state index in [1.54, 1.807) is 0 Å². The van der Waals surface area contributed by atoms with Crippen LogP contribution in [0.2, 0.25) is 0 Å². The second kappa shape index (κ2) is 11.1. The highest BCUT2D eigenvalue weighted by molar-refractivity contribution is 7.88. The van der Waals surface area contributed by atoms with Crippen LogP contribution in [0.1, 0.15) is 64.9 Å². The normalized spacial score (nSPS) is 17.8. The molecule has 136 valence electrons.